The number of carboxylic acids is 1. The van der Waals surface area contributed by atoms with Crippen molar-refractivity contribution in [1.82, 2.24) is 0 Å². The molecule has 0 aliphatic heterocycles. The van der Waals surface area contributed by atoms with E-state index < -0.39 is 11.5 Å². The quantitative estimate of drug-likeness (QED) is 0.890. The molecule has 0 amide bonds. The van der Waals surface area contributed by atoms with Gasteiger partial charge in [-0.05, 0) is 42.9 Å². The summed E-state index contributed by atoms with van der Waals surface area (Å²) in [6, 6.07) is 7.64. The largest absolute Gasteiger partial charge is 0.480 e. The van der Waals surface area contributed by atoms with Crippen LogP contribution >= 0.6 is 15.9 Å². The van der Waals surface area contributed by atoms with E-state index in [1.165, 1.54) is 0 Å². The van der Waals surface area contributed by atoms with Crippen molar-refractivity contribution >= 4 is 27.6 Å². The standard InChI is InChI=1S/C14H18BrNO2/c1-9(2)10-7-14(8-10,13(17)18)16-12-5-3-4-11(15)6-12/h3-6,9-10,16H,7-8H2,1-2H3,(H,17,18). The molecule has 0 radical (unpaired) electrons. The summed E-state index contributed by atoms with van der Waals surface area (Å²) < 4.78 is 0.952. The molecule has 98 valence electrons. The van der Waals surface area contributed by atoms with Crippen LogP contribution in [0.4, 0.5) is 5.69 Å². The van der Waals surface area contributed by atoms with E-state index in [1.807, 2.05) is 24.3 Å². The number of carbonyl (C=O) groups is 1. The van der Waals surface area contributed by atoms with E-state index in [0.29, 0.717) is 24.7 Å². The summed E-state index contributed by atoms with van der Waals surface area (Å²) in [5, 5.41) is 12.6. The van der Waals surface area contributed by atoms with E-state index in [4.69, 9.17) is 0 Å². The SMILES string of the molecule is CC(C)C1CC(Nc2cccc(Br)c2)(C(=O)O)C1. The molecule has 1 aromatic rings. The lowest BCUT2D eigenvalue weighted by Gasteiger charge is -2.47. The Kier molecular flexibility index (Phi) is 3.66. The van der Waals surface area contributed by atoms with E-state index >= 15 is 0 Å². The Hall–Kier alpha value is -1.03. The third kappa shape index (κ3) is 2.53. The highest BCUT2D eigenvalue weighted by molar-refractivity contribution is 9.10. The van der Waals surface area contributed by atoms with Crippen molar-refractivity contribution in [3.8, 4) is 0 Å². The molecule has 0 spiro atoms. The minimum Gasteiger partial charge on any atom is -0.480 e. The van der Waals surface area contributed by atoms with Crippen LogP contribution in [0.3, 0.4) is 0 Å². The van der Waals surface area contributed by atoms with Gasteiger partial charge in [0, 0.05) is 10.2 Å². The summed E-state index contributed by atoms with van der Waals surface area (Å²) >= 11 is 3.39. The zero-order chi connectivity index (χ0) is 13.3. The molecule has 0 bridgehead atoms. The Labute approximate surface area is 116 Å². The van der Waals surface area contributed by atoms with Gasteiger partial charge in [0.05, 0.1) is 0 Å². The number of halogens is 1. The first kappa shape index (κ1) is 13.4. The van der Waals surface area contributed by atoms with Crippen LogP contribution in [0.25, 0.3) is 0 Å². The lowest BCUT2D eigenvalue weighted by molar-refractivity contribution is -0.148. The Morgan fingerprint density at radius 1 is 1.50 bits per heavy atom. The van der Waals surface area contributed by atoms with Crippen LogP contribution < -0.4 is 5.32 Å². The summed E-state index contributed by atoms with van der Waals surface area (Å²) in [6.45, 7) is 4.30. The maximum absolute atomic E-state index is 11.5. The normalized spacial score (nSPS) is 26.8. The molecule has 0 atom stereocenters. The van der Waals surface area contributed by atoms with E-state index in [1.54, 1.807) is 0 Å². The van der Waals surface area contributed by atoms with E-state index in [-0.39, 0.29) is 0 Å². The van der Waals surface area contributed by atoms with Crippen molar-refractivity contribution in [3.05, 3.63) is 28.7 Å². The van der Waals surface area contributed by atoms with Gasteiger partial charge in [0.25, 0.3) is 0 Å². The highest BCUT2D eigenvalue weighted by Gasteiger charge is 2.51. The number of hydrogen-bond acceptors (Lipinski definition) is 2. The second-order valence-corrected chi connectivity index (χ2v) is 6.35. The second-order valence-electron chi connectivity index (χ2n) is 5.43. The molecule has 3 nitrogen and oxygen atoms in total. The van der Waals surface area contributed by atoms with Gasteiger partial charge in [-0.1, -0.05) is 35.8 Å². The molecule has 0 aromatic heterocycles. The maximum Gasteiger partial charge on any atom is 0.329 e. The van der Waals surface area contributed by atoms with Gasteiger partial charge in [0.1, 0.15) is 5.54 Å². The van der Waals surface area contributed by atoms with Crippen LogP contribution in [0.1, 0.15) is 26.7 Å². The van der Waals surface area contributed by atoms with Gasteiger partial charge in [0.15, 0.2) is 0 Å². The lowest BCUT2D eigenvalue weighted by atomic mass is 9.64. The molecular weight excluding hydrogens is 294 g/mol. The molecule has 1 aliphatic rings. The van der Waals surface area contributed by atoms with Gasteiger partial charge < -0.3 is 10.4 Å². The van der Waals surface area contributed by atoms with Crippen LogP contribution in [0.2, 0.25) is 0 Å². The van der Waals surface area contributed by atoms with E-state index in [2.05, 4.69) is 35.1 Å². The third-order valence-corrected chi connectivity index (χ3v) is 4.27. The third-order valence-electron chi connectivity index (χ3n) is 3.78. The zero-order valence-corrected chi connectivity index (χ0v) is 12.2. The summed E-state index contributed by atoms with van der Waals surface area (Å²) in [5.41, 5.74) is 0.0735. The predicted octanol–water partition coefficient (Wildman–Crippen LogP) is 3.75. The number of hydrogen-bond donors (Lipinski definition) is 2. The first-order valence-electron chi connectivity index (χ1n) is 6.20. The molecule has 0 saturated heterocycles. The molecular formula is C14H18BrNO2. The Morgan fingerprint density at radius 3 is 2.67 bits per heavy atom. The monoisotopic (exact) mass is 311 g/mol. The predicted molar refractivity (Wildman–Crippen MR) is 75.7 cm³/mol. The van der Waals surface area contributed by atoms with Gasteiger partial charge >= 0.3 is 5.97 Å². The number of anilines is 1. The van der Waals surface area contributed by atoms with Gasteiger partial charge in [-0.3, -0.25) is 0 Å². The Balaban J connectivity index is 2.12. The molecule has 2 rings (SSSR count). The topological polar surface area (TPSA) is 49.3 Å². The van der Waals surface area contributed by atoms with Crippen LogP contribution in [0.15, 0.2) is 28.7 Å². The fourth-order valence-electron chi connectivity index (χ4n) is 2.48. The number of nitrogens with one attached hydrogen (secondary N) is 1. The molecule has 4 heteroatoms. The minimum atomic E-state index is -0.782. The average molecular weight is 312 g/mol. The van der Waals surface area contributed by atoms with Gasteiger partial charge in [0.2, 0.25) is 0 Å². The molecule has 1 aromatic carbocycles. The van der Waals surface area contributed by atoms with Crippen molar-refractivity contribution in [2.45, 2.75) is 32.2 Å². The zero-order valence-electron chi connectivity index (χ0n) is 10.6. The first-order chi connectivity index (χ1) is 8.43. The van der Waals surface area contributed by atoms with Gasteiger partial charge in [-0.15, -0.1) is 0 Å². The Morgan fingerprint density at radius 2 is 2.17 bits per heavy atom. The van der Waals surface area contributed by atoms with Crippen molar-refractivity contribution < 1.29 is 9.90 Å². The van der Waals surface area contributed by atoms with E-state index in [9.17, 15) is 9.90 Å². The number of aliphatic carboxylic acids is 1. The average Bonchev–Trinajstić information content (AvgIpc) is 2.21. The molecule has 2 N–H and O–H groups in total. The van der Waals surface area contributed by atoms with Crippen molar-refractivity contribution in [2.75, 3.05) is 5.32 Å². The smallest absolute Gasteiger partial charge is 0.329 e. The second kappa shape index (κ2) is 4.92. The molecule has 18 heavy (non-hydrogen) atoms. The van der Waals surface area contributed by atoms with E-state index in [0.717, 1.165) is 10.2 Å². The minimum absolute atomic E-state index is 0.501. The molecule has 0 unspecified atom stereocenters. The molecule has 1 saturated carbocycles. The van der Waals surface area contributed by atoms with Gasteiger partial charge in [-0.2, -0.15) is 0 Å². The van der Waals surface area contributed by atoms with Crippen molar-refractivity contribution in [1.29, 1.82) is 0 Å². The maximum atomic E-state index is 11.5. The molecule has 1 fully saturated rings. The number of benzene rings is 1. The fourth-order valence-corrected chi connectivity index (χ4v) is 2.88. The number of carboxylic acid groups (broad SMARTS) is 1. The van der Waals surface area contributed by atoms with Crippen molar-refractivity contribution in [2.24, 2.45) is 11.8 Å². The van der Waals surface area contributed by atoms with Crippen LogP contribution in [0.5, 0.6) is 0 Å². The fraction of sp³-hybridized carbons (Fsp3) is 0.500. The number of rotatable bonds is 4. The molecule has 1 aliphatic carbocycles. The summed E-state index contributed by atoms with van der Waals surface area (Å²) in [6.07, 6.45) is 1.40. The first-order valence-corrected chi connectivity index (χ1v) is 6.99. The lowest BCUT2D eigenvalue weighted by Crippen LogP contribution is -2.57. The summed E-state index contributed by atoms with van der Waals surface area (Å²) in [7, 11) is 0. The van der Waals surface area contributed by atoms with Crippen LogP contribution in [-0.4, -0.2) is 16.6 Å². The molecule has 0 heterocycles. The summed E-state index contributed by atoms with van der Waals surface area (Å²) in [5.74, 6) is 0.293. The van der Waals surface area contributed by atoms with Gasteiger partial charge in [-0.25, -0.2) is 4.79 Å². The highest BCUT2D eigenvalue weighted by Crippen LogP contribution is 2.44. The Bertz CT molecular complexity index is 453. The van der Waals surface area contributed by atoms with Crippen molar-refractivity contribution in [3.63, 3.8) is 0 Å². The highest BCUT2D eigenvalue weighted by atomic mass is 79.9. The van der Waals surface area contributed by atoms with Crippen LogP contribution in [-0.2, 0) is 4.79 Å². The van der Waals surface area contributed by atoms with Crippen LogP contribution in [0, 0.1) is 11.8 Å². The summed E-state index contributed by atoms with van der Waals surface area (Å²) in [4.78, 5) is 11.5.